The van der Waals surface area contributed by atoms with Gasteiger partial charge in [0.25, 0.3) is 0 Å². The van der Waals surface area contributed by atoms with Crippen LogP contribution in [0.3, 0.4) is 0 Å². The molecular formula is C14H21FN2O3. The minimum Gasteiger partial charge on any atom is -0.399 e. The van der Waals surface area contributed by atoms with Crippen LogP contribution < -0.4 is 11.1 Å². The van der Waals surface area contributed by atoms with Crippen molar-refractivity contribution in [2.45, 2.75) is 26.4 Å². The molecular weight excluding hydrogens is 263 g/mol. The molecule has 3 N–H and O–H groups in total. The number of nitrogens with two attached hydrogens (primary N) is 1. The Morgan fingerprint density at radius 3 is 2.80 bits per heavy atom. The first-order valence-corrected chi connectivity index (χ1v) is 6.53. The number of hydrogen-bond donors (Lipinski definition) is 2. The van der Waals surface area contributed by atoms with E-state index >= 15 is 0 Å². The summed E-state index contributed by atoms with van der Waals surface area (Å²) in [6.45, 7) is 5.06. The molecule has 0 saturated carbocycles. The van der Waals surface area contributed by atoms with Crippen molar-refractivity contribution in [3.8, 4) is 0 Å². The Morgan fingerprint density at radius 2 is 2.10 bits per heavy atom. The van der Waals surface area contributed by atoms with Gasteiger partial charge in [-0.15, -0.1) is 0 Å². The van der Waals surface area contributed by atoms with E-state index in [0.29, 0.717) is 18.9 Å². The predicted molar refractivity (Wildman–Crippen MR) is 76.0 cm³/mol. The van der Waals surface area contributed by atoms with Crippen LogP contribution in [0.15, 0.2) is 18.2 Å². The third-order valence-electron chi connectivity index (χ3n) is 2.42. The molecule has 0 heterocycles. The maximum Gasteiger partial charge on any atom is 0.226 e. The van der Waals surface area contributed by atoms with Gasteiger partial charge < -0.3 is 20.5 Å². The number of carbonyl (C=O) groups excluding carboxylic acids is 1. The van der Waals surface area contributed by atoms with Gasteiger partial charge in [-0.2, -0.15) is 0 Å². The van der Waals surface area contributed by atoms with Crippen LogP contribution in [-0.4, -0.2) is 31.8 Å². The summed E-state index contributed by atoms with van der Waals surface area (Å²) in [4.78, 5) is 11.6. The number of anilines is 2. The van der Waals surface area contributed by atoms with Crippen molar-refractivity contribution in [1.29, 1.82) is 0 Å². The Kier molecular flexibility index (Phi) is 6.97. The number of amides is 1. The van der Waals surface area contributed by atoms with Crippen molar-refractivity contribution in [3.63, 3.8) is 0 Å². The first-order chi connectivity index (χ1) is 9.49. The molecule has 1 amide bonds. The van der Waals surface area contributed by atoms with Gasteiger partial charge >= 0.3 is 0 Å². The molecule has 0 aliphatic rings. The SMILES string of the molecule is CC(C)OCCOCCC(=O)Nc1cc(N)ccc1F. The molecule has 0 fully saturated rings. The van der Waals surface area contributed by atoms with E-state index in [4.69, 9.17) is 15.2 Å². The van der Waals surface area contributed by atoms with Crippen molar-refractivity contribution in [2.24, 2.45) is 0 Å². The molecule has 0 aliphatic carbocycles. The third kappa shape index (κ3) is 6.49. The minimum atomic E-state index is -0.515. The van der Waals surface area contributed by atoms with Crippen molar-refractivity contribution in [2.75, 3.05) is 30.9 Å². The summed E-state index contributed by atoms with van der Waals surface area (Å²) < 4.78 is 23.9. The molecule has 1 aromatic carbocycles. The van der Waals surface area contributed by atoms with Crippen LogP contribution in [-0.2, 0) is 14.3 Å². The highest BCUT2D eigenvalue weighted by atomic mass is 19.1. The van der Waals surface area contributed by atoms with Crippen molar-refractivity contribution >= 4 is 17.3 Å². The topological polar surface area (TPSA) is 73.6 Å². The van der Waals surface area contributed by atoms with E-state index in [9.17, 15) is 9.18 Å². The van der Waals surface area contributed by atoms with Gasteiger partial charge in [-0.3, -0.25) is 4.79 Å². The molecule has 0 radical (unpaired) electrons. The molecule has 1 aromatic rings. The largest absolute Gasteiger partial charge is 0.399 e. The van der Waals surface area contributed by atoms with E-state index in [1.807, 2.05) is 13.8 Å². The number of ether oxygens (including phenoxy) is 2. The van der Waals surface area contributed by atoms with Gasteiger partial charge in [-0.1, -0.05) is 0 Å². The lowest BCUT2D eigenvalue weighted by atomic mass is 10.2. The molecule has 0 bridgehead atoms. The molecule has 0 spiro atoms. The fraction of sp³-hybridized carbons (Fsp3) is 0.500. The van der Waals surface area contributed by atoms with Gasteiger partial charge in [-0.25, -0.2) is 4.39 Å². The number of benzene rings is 1. The molecule has 0 unspecified atom stereocenters. The highest BCUT2D eigenvalue weighted by molar-refractivity contribution is 5.91. The minimum absolute atomic E-state index is 0.0816. The number of nitrogen functional groups attached to an aromatic ring is 1. The zero-order chi connectivity index (χ0) is 15.0. The molecule has 0 aromatic heterocycles. The zero-order valence-corrected chi connectivity index (χ0v) is 11.8. The average Bonchev–Trinajstić information content (AvgIpc) is 2.37. The third-order valence-corrected chi connectivity index (χ3v) is 2.42. The second kappa shape index (κ2) is 8.50. The van der Waals surface area contributed by atoms with Crippen LogP contribution in [0.4, 0.5) is 15.8 Å². The lowest BCUT2D eigenvalue weighted by molar-refractivity contribution is -0.117. The molecule has 1 rings (SSSR count). The predicted octanol–water partition coefficient (Wildman–Crippen LogP) is 2.18. The molecule has 0 saturated heterocycles. The molecule has 5 nitrogen and oxygen atoms in total. The maximum atomic E-state index is 13.4. The highest BCUT2D eigenvalue weighted by Gasteiger charge is 2.07. The quantitative estimate of drug-likeness (QED) is 0.567. The summed E-state index contributed by atoms with van der Waals surface area (Å²) >= 11 is 0. The average molecular weight is 284 g/mol. The number of nitrogens with one attached hydrogen (secondary N) is 1. The summed E-state index contributed by atoms with van der Waals surface area (Å²) in [5.41, 5.74) is 6.00. The summed E-state index contributed by atoms with van der Waals surface area (Å²) in [5.74, 6) is -0.835. The first kappa shape index (κ1) is 16.4. The lowest BCUT2D eigenvalue weighted by Gasteiger charge is -2.09. The van der Waals surface area contributed by atoms with Crippen LogP contribution in [0.1, 0.15) is 20.3 Å². The number of carbonyl (C=O) groups is 1. The van der Waals surface area contributed by atoms with Crippen molar-refractivity contribution < 1.29 is 18.7 Å². The molecule has 0 atom stereocenters. The van der Waals surface area contributed by atoms with Crippen LogP contribution in [0, 0.1) is 5.82 Å². The van der Waals surface area contributed by atoms with Crippen LogP contribution in [0.25, 0.3) is 0 Å². The number of hydrogen-bond acceptors (Lipinski definition) is 4. The Bertz CT molecular complexity index is 438. The fourth-order valence-corrected chi connectivity index (χ4v) is 1.46. The summed E-state index contributed by atoms with van der Waals surface area (Å²) in [6, 6.07) is 4.03. The van der Waals surface area contributed by atoms with Crippen LogP contribution in [0.2, 0.25) is 0 Å². The van der Waals surface area contributed by atoms with E-state index in [1.165, 1.54) is 18.2 Å². The van der Waals surface area contributed by atoms with Crippen molar-refractivity contribution in [3.05, 3.63) is 24.0 Å². The van der Waals surface area contributed by atoms with Gasteiger partial charge in [-0.05, 0) is 32.0 Å². The van der Waals surface area contributed by atoms with E-state index in [1.54, 1.807) is 0 Å². The van der Waals surface area contributed by atoms with Gasteiger partial charge in [0.15, 0.2) is 0 Å². The molecule has 0 aliphatic heterocycles. The second-order valence-corrected chi connectivity index (χ2v) is 4.57. The Labute approximate surface area is 118 Å². The van der Waals surface area contributed by atoms with Crippen LogP contribution >= 0.6 is 0 Å². The van der Waals surface area contributed by atoms with E-state index in [2.05, 4.69) is 5.32 Å². The standard InChI is InChI=1S/C14H21FN2O3/c1-10(2)20-8-7-19-6-5-14(18)17-13-9-11(16)3-4-12(13)15/h3-4,9-10H,5-8,16H2,1-2H3,(H,17,18). The lowest BCUT2D eigenvalue weighted by Crippen LogP contribution is -2.16. The van der Waals surface area contributed by atoms with E-state index < -0.39 is 5.82 Å². The zero-order valence-electron chi connectivity index (χ0n) is 11.8. The maximum absolute atomic E-state index is 13.4. The molecule has 20 heavy (non-hydrogen) atoms. The summed E-state index contributed by atoms with van der Waals surface area (Å²) in [6.07, 6.45) is 0.309. The number of halogens is 1. The van der Waals surface area contributed by atoms with Gasteiger partial charge in [0.05, 0.1) is 38.0 Å². The summed E-state index contributed by atoms with van der Waals surface area (Å²) in [7, 11) is 0. The smallest absolute Gasteiger partial charge is 0.226 e. The molecule has 112 valence electrons. The number of rotatable bonds is 8. The molecule has 6 heteroatoms. The Hall–Kier alpha value is -1.66. The highest BCUT2D eigenvalue weighted by Crippen LogP contribution is 2.17. The van der Waals surface area contributed by atoms with E-state index in [-0.39, 0.29) is 30.7 Å². The van der Waals surface area contributed by atoms with Crippen LogP contribution in [0.5, 0.6) is 0 Å². The summed E-state index contributed by atoms with van der Waals surface area (Å²) in [5, 5.41) is 2.45. The van der Waals surface area contributed by atoms with Crippen molar-refractivity contribution in [1.82, 2.24) is 0 Å². The van der Waals surface area contributed by atoms with Gasteiger partial charge in [0.1, 0.15) is 5.82 Å². The normalized spacial score (nSPS) is 10.8. The fourth-order valence-electron chi connectivity index (χ4n) is 1.46. The Balaban J connectivity index is 2.22. The van der Waals surface area contributed by atoms with Gasteiger partial charge in [0, 0.05) is 5.69 Å². The second-order valence-electron chi connectivity index (χ2n) is 4.57. The Morgan fingerprint density at radius 1 is 1.35 bits per heavy atom. The monoisotopic (exact) mass is 284 g/mol. The van der Waals surface area contributed by atoms with E-state index in [0.717, 1.165) is 0 Å². The first-order valence-electron chi connectivity index (χ1n) is 6.53. The van der Waals surface area contributed by atoms with Gasteiger partial charge in [0.2, 0.25) is 5.91 Å².